The number of fused-ring (bicyclic) bond motifs is 1. The van der Waals surface area contributed by atoms with Crippen LogP contribution >= 0.6 is 11.6 Å². The first-order valence-corrected chi connectivity index (χ1v) is 5.81. The van der Waals surface area contributed by atoms with Crippen molar-refractivity contribution in [2.75, 3.05) is 0 Å². The molecule has 1 aromatic heterocycles. The van der Waals surface area contributed by atoms with Crippen LogP contribution in [0.25, 0.3) is 17.0 Å². The molecule has 4 nitrogen and oxygen atoms in total. The molecule has 0 bridgehead atoms. The van der Waals surface area contributed by atoms with Gasteiger partial charge >= 0.3 is 5.97 Å². The monoisotopic (exact) mass is 272 g/mol. The number of nitriles is 1. The van der Waals surface area contributed by atoms with Crippen molar-refractivity contribution in [3.8, 4) is 6.07 Å². The Morgan fingerprint density at radius 1 is 1.47 bits per heavy atom. The lowest BCUT2D eigenvalue weighted by Crippen LogP contribution is -1.98. The standard InChI is InChI=1S/C14H9ClN2O2/c1-8-2-3-9-5-10(6-11(7-16)14(18)19)13(15)17-12(9)4-8/h2-6H,1H3,(H,18,19)/b11-6+. The summed E-state index contributed by atoms with van der Waals surface area (Å²) in [6.07, 6.45) is 1.22. The first kappa shape index (κ1) is 13.1. The van der Waals surface area contributed by atoms with Gasteiger partial charge in [-0.3, -0.25) is 0 Å². The normalized spacial score (nSPS) is 11.3. The zero-order valence-corrected chi connectivity index (χ0v) is 10.8. The minimum absolute atomic E-state index is 0.173. The van der Waals surface area contributed by atoms with E-state index >= 15 is 0 Å². The predicted molar refractivity (Wildman–Crippen MR) is 72.7 cm³/mol. The molecular weight excluding hydrogens is 264 g/mol. The van der Waals surface area contributed by atoms with Crippen molar-refractivity contribution < 1.29 is 9.90 Å². The fraction of sp³-hybridized carbons (Fsp3) is 0.0714. The van der Waals surface area contributed by atoms with E-state index in [4.69, 9.17) is 22.0 Å². The highest BCUT2D eigenvalue weighted by atomic mass is 35.5. The summed E-state index contributed by atoms with van der Waals surface area (Å²) in [7, 11) is 0. The summed E-state index contributed by atoms with van der Waals surface area (Å²) >= 11 is 6.00. The minimum atomic E-state index is -1.29. The van der Waals surface area contributed by atoms with Crippen LogP contribution in [0.1, 0.15) is 11.1 Å². The van der Waals surface area contributed by atoms with Gasteiger partial charge in [0.15, 0.2) is 0 Å². The number of carboxylic acid groups (broad SMARTS) is 1. The Bertz CT molecular complexity index is 745. The number of hydrogen-bond donors (Lipinski definition) is 1. The van der Waals surface area contributed by atoms with E-state index in [0.717, 1.165) is 16.5 Å². The van der Waals surface area contributed by atoms with Crippen molar-refractivity contribution in [2.45, 2.75) is 6.92 Å². The Morgan fingerprint density at radius 2 is 2.21 bits per heavy atom. The average molecular weight is 273 g/mol. The van der Waals surface area contributed by atoms with Crippen molar-refractivity contribution >= 4 is 34.5 Å². The van der Waals surface area contributed by atoms with Crippen molar-refractivity contribution in [3.63, 3.8) is 0 Å². The van der Waals surface area contributed by atoms with Gasteiger partial charge in [-0.05, 0) is 30.7 Å². The second-order valence-corrected chi connectivity index (χ2v) is 4.40. The van der Waals surface area contributed by atoms with E-state index in [1.165, 1.54) is 6.08 Å². The molecule has 0 atom stereocenters. The van der Waals surface area contributed by atoms with Gasteiger partial charge in [-0.2, -0.15) is 5.26 Å². The molecule has 0 aliphatic heterocycles. The zero-order chi connectivity index (χ0) is 14.0. The highest BCUT2D eigenvalue weighted by Gasteiger charge is 2.09. The smallest absolute Gasteiger partial charge is 0.346 e. The zero-order valence-electron chi connectivity index (χ0n) is 10.0. The lowest BCUT2D eigenvalue weighted by molar-refractivity contribution is -0.132. The van der Waals surface area contributed by atoms with Crippen LogP contribution < -0.4 is 0 Å². The fourth-order valence-electron chi connectivity index (χ4n) is 1.67. The molecule has 0 spiro atoms. The largest absolute Gasteiger partial charge is 0.477 e. The average Bonchev–Trinajstić information content (AvgIpc) is 2.35. The summed E-state index contributed by atoms with van der Waals surface area (Å²) in [6, 6.07) is 9.01. The van der Waals surface area contributed by atoms with Crippen LogP contribution in [0.4, 0.5) is 0 Å². The Kier molecular flexibility index (Phi) is 3.50. The summed E-state index contributed by atoms with van der Waals surface area (Å²) < 4.78 is 0. The molecule has 0 aliphatic rings. The van der Waals surface area contributed by atoms with E-state index in [1.54, 1.807) is 12.1 Å². The number of rotatable bonds is 2. The third kappa shape index (κ3) is 2.72. The lowest BCUT2D eigenvalue weighted by Gasteiger charge is -2.03. The maximum atomic E-state index is 10.8. The number of benzene rings is 1. The Balaban J connectivity index is 2.63. The summed E-state index contributed by atoms with van der Waals surface area (Å²) in [5.41, 5.74) is 1.82. The predicted octanol–water partition coefficient (Wildman–Crippen LogP) is 3.19. The van der Waals surface area contributed by atoms with E-state index in [0.29, 0.717) is 5.56 Å². The van der Waals surface area contributed by atoms with Gasteiger partial charge in [0.1, 0.15) is 16.8 Å². The molecule has 0 radical (unpaired) electrons. The number of aryl methyl sites for hydroxylation is 1. The van der Waals surface area contributed by atoms with Gasteiger partial charge in [-0.25, -0.2) is 9.78 Å². The van der Waals surface area contributed by atoms with Gasteiger partial charge in [0.2, 0.25) is 0 Å². The number of halogens is 1. The molecule has 2 rings (SSSR count). The highest BCUT2D eigenvalue weighted by molar-refractivity contribution is 6.31. The second kappa shape index (κ2) is 5.09. The maximum Gasteiger partial charge on any atom is 0.346 e. The van der Waals surface area contributed by atoms with Crippen molar-refractivity contribution in [1.29, 1.82) is 5.26 Å². The Morgan fingerprint density at radius 3 is 2.84 bits per heavy atom. The van der Waals surface area contributed by atoms with E-state index in [-0.39, 0.29) is 10.7 Å². The van der Waals surface area contributed by atoms with Crippen LogP contribution in [0.3, 0.4) is 0 Å². The first-order valence-electron chi connectivity index (χ1n) is 5.43. The molecule has 5 heteroatoms. The quantitative estimate of drug-likeness (QED) is 0.518. The van der Waals surface area contributed by atoms with Crippen LogP contribution in [0, 0.1) is 18.3 Å². The van der Waals surface area contributed by atoms with Crippen LogP contribution in [0.2, 0.25) is 5.15 Å². The molecule has 0 aliphatic carbocycles. The summed E-state index contributed by atoms with van der Waals surface area (Å²) in [5.74, 6) is -1.29. The van der Waals surface area contributed by atoms with Crippen LogP contribution in [-0.4, -0.2) is 16.1 Å². The van der Waals surface area contributed by atoms with Crippen LogP contribution in [-0.2, 0) is 4.79 Å². The Hall–Kier alpha value is -2.38. The van der Waals surface area contributed by atoms with E-state index < -0.39 is 5.97 Å². The molecule has 19 heavy (non-hydrogen) atoms. The molecule has 0 fully saturated rings. The minimum Gasteiger partial charge on any atom is -0.477 e. The number of nitrogens with zero attached hydrogens (tertiary/aromatic N) is 2. The third-order valence-corrected chi connectivity index (χ3v) is 2.91. The topological polar surface area (TPSA) is 74.0 Å². The molecule has 0 amide bonds. The van der Waals surface area contributed by atoms with Crippen LogP contribution in [0.15, 0.2) is 29.8 Å². The van der Waals surface area contributed by atoms with Crippen molar-refractivity contribution in [3.05, 3.63) is 46.1 Å². The van der Waals surface area contributed by atoms with Gasteiger partial charge in [0, 0.05) is 10.9 Å². The molecule has 94 valence electrons. The Labute approximate surface area is 114 Å². The number of aliphatic carboxylic acids is 1. The summed E-state index contributed by atoms with van der Waals surface area (Å²) in [6.45, 7) is 1.95. The summed E-state index contributed by atoms with van der Waals surface area (Å²) in [5, 5.41) is 18.6. The molecule has 0 saturated heterocycles. The number of carbonyl (C=O) groups is 1. The van der Waals surface area contributed by atoms with Crippen molar-refractivity contribution in [2.24, 2.45) is 0 Å². The molecule has 1 N–H and O–H groups in total. The van der Waals surface area contributed by atoms with Gasteiger partial charge in [-0.15, -0.1) is 0 Å². The van der Waals surface area contributed by atoms with Crippen LogP contribution in [0.5, 0.6) is 0 Å². The molecule has 0 unspecified atom stereocenters. The van der Waals surface area contributed by atoms with Gasteiger partial charge in [0.05, 0.1) is 5.52 Å². The first-order chi connectivity index (χ1) is 9.01. The maximum absolute atomic E-state index is 10.8. The molecule has 0 saturated carbocycles. The highest BCUT2D eigenvalue weighted by Crippen LogP contribution is 2.23. The van der Waals surface area contributed by atoms with Crippen molar-refractivity contribution in [1.82, 2.24) is 4.98 Å². The molecule has 1 heterocycles. The van der Waals surface area contributed by atoms with E-state index in [1.807, 2.05) is 25.1 Å². The number of aromatic nitrogens is 1. The molecular formula is C14H9ClN2O2. The SMILES string of the molecule is Cc1ccc2cc(/C=C(\C#N)C(=O)O)c(Cl)nc2c1. The number of hydrogen-bond acceptors (Lipinski definition) is 3. The number of pyridine rings is 1. The number of carboxylic acids is 1. The molecule has 2 aromatic rings. The third-order valence-electron chi connectivity index (χ3n) is 2.60. The van der Waals surface area contributed by atoms with E-state index in [2.05, 4.69) is 4.98 Å². The fourth-order valence-corrected chi connectivity index (χ4v) is 1.87. The lowest BCUT2D eigenvalue weighted by atomic mass is 10.1. The van der Waals surface area contributed by atoms with Gasteiger partial charge in [0.25, 0.3) is 0 Å². The second-order valence-electron chi connectivity index (χ2n) is 4.04. The van der Waals surface area contributed by atoms with E-state index in [9.17, 15) is 4.79 Å². The van der Waals surface area contributed by atoms with Gasteiger partial charge in [-0.1, -0.05) is 23.7 Å². The van der Waals surface area contributed by atoms with Gasteiger partial charge < -0.3 is 5.11 Å². The molecule has 1 aromatic carbocycles. The summed E-state index contributed by atoms with van der Waals surface area (Å²) in [4.78, 5) is 15.0.